The summed E-state index contributed by atoms with van der Waals surface area (Å²) in [5.41, 5.74) is 0. The zero-order chi connectivity index (χ0) is 53.4. The quantitative estimate of drug-likeness (QED) is 0.0235. The number of carbonyl (C=O) groups is 11. The van der Waals surface area contributed by atoms with Crippen LogP contribution in [0.25, 0.3) is 0 Å². The molecule has 71 heavy (non-hydrogen) atoms. The Bertz CT molecular complexity index is 1850. The van der Waals surface area contributed by atoms with Crippen LogP contribution in [0.1, 0.15) is 74.7 Å². The van der Waals surface area contributed by atoms with E-state index in [4.69, 9.17) is 57.2 Å². The van der Waals surface area contributed by atoms with Gasteiger partial charge in [-0.15, -0.1) is 0 Å². The molecule has 29 heteroatoms. The minimum Gasteiger partial charge on any atom is -0.463 e. The van der Waals surface area contributed by atoms with Gasteiger partial charge in [-0.2, -0.15) is 0 Å². The van der Waals surface area contributed by atoms with Gasteiger partial charge in [0.05, 0.1) is 26.2 Å². The summed E-state index contributed by atoms with van der Waals surface area (Å²) in [6.07, 6.45) is -13.9. The summed E-state index contributed by atoms with van der Waals surface area (Å²) in [6, 6.07) is -4.08. The first-order valence-electron chi connectivity index (χ1n) is 22.2. The molecule has 0 aromatic heterocycles. The number of hydrogen-bond acceptors (Lipinski definition) is 24. The van der Waals surface area contributed by atoms with E-state index in [1.54, 1.807) is 0 Å². The zero-order valence-corrected chi connectivity index (χ0v) is 40.6. The van der Waals surface area contributed by atoms with Gasteiger partial charge in [-0.3, -0.25) is 47.9 Å². The number of alkyl carbamates (subject to hydrolysis) is 1. The maximum atomic E-state index is 13.4. The van der Waals surface area contributed by atoms with E-state index >= 15 is 0 Å². The molecule has 5 amide bonds. The Labute approximate surface area is 407 Å². The molecule has 0 aliphatic carbocycles. The highest BCUT2D eigenvalue weighted by atomic mass is 16.7. The van der Waals surface area contributed by atoms with Gasteiger partial charge >= 0.3 is 41.9 Å². The first kappa shape index (κ1) is 60.9. The first-order valence-corrected chi connectivity index (χ1v) is 22.2. The van der Waals surface area contributed by atoms with Gasteiger partial charge in [-0.1, -0.05) is 0 Å². The van der Waals surface area contributed by atoms with Gasteiger partial charge in [0.1, 0.15) is 56.3 Å². The van der Waals surface area contributed by atoms with Crippen LogP contribution in [0.3, 0.4) is 0 Å². The molecule has 0 unspecified atom stereocenters. The number of nitrogens with one attached hydrogen (secondary N) is 5. The van der Waals surface area contributed by atoms with E-state index in [2.05, 4.69) is 26.6 Å². The molecule has 0 spiro atoms. The molecule has 2 aliphatic heterocycles. The van der Waals surface area contributed by atoms with Crippen LogP contribution >= 0.6 is 0 Å². The summed E-state index contributed by atoms with van der Waals surface area (Å²) in [5, 5.41) is 31.1. The number of aliphatic hydroxyl groups excluding tert-OH is 2. The highest BCUT2D eigenvalue weighted by Crippen LogP contribution is 2.29. The second-order valence-corrected chi connectivity index (χ2v) is 15.9. The van der Waals surface area contributed by atoms with Crippen molar-refractivity contribution in [1.82, 2.24) is 26.6 Å². The Kier molecular flexibility index (Phi) is 26.7. The third-order valence-corrected chi connectivity index (χ3v) is 9.59. The fourth-order valence-electron chi connectivity index (χ4n) is 6.85. The molecule has 2 rings (SSSR count). The lowest BCUT2D eigenvalue weighted by atomic mass is 9.96. The molecule has 0 aromatic rings. The Morgan fingerprint density at radius 2 is 0.958 bits per heavy atom. The molecular weight excluding hydrogens is 958 g/mol. The van der Waals surface area contributed by atoms with Crippen molar-refractivity contribution in [3.63, 3.8) is 0 Å². The van der Waals surface area contributed by atoms with E-state index in [1.807, 2.05) is 0 Å². The van der Waals surface area contributed by atoms with Gasteiger partial charge in [0.25, 0.3) is 0 Å². The van der Waals surface area contributed by atoms with Crippen molar-refractivity contribution in [2.24, 2.45) is 0 Å². The number of ether oxygens (including phenoxy) is 11. The van der Waals surface area contributed by atoms with Gasteiger partial charge < -0.3 is 88.9 Å². The minimum atomic E-state index is -1.58. The normalized spacial score (nSPS) is 24.5. The van der Waals surface area contributed by atoms with Crippen LogP contribution in [0.5, 0.6) is 0 Å². The van der Waals surface area contributed by atoms with Crippen molar-refractivity contribution in [2.75, 3.05) is 52.7 Å². The van der Waals surface area contributed by atoms with Gasteiger partial charge in [-0.05, 0) is 12.8 Å². The fourth-order valence-corrected chi connectivity index (χ4v) is 6.85. The summed E-state index contributed by atoms with van der Waals surface area (Å²) < 4.78 is 60.2. The summed E-state index contributed by atoms with van der Waals surface area (Å²) in [5.74, 6) is -7.50. The number of aliphatic hydroxyl groups is 2. The Morgan fingerprint density at radius 3 is 1.34 bits per heavy atom. The lowest BCUT2D eigenvalue weighted by molar-refractivity contribution is -0.277. The largest absolute Gasteiger partial charge is 0.463 e. The third-order valence-electron chi connectivity index (χ3n) is 9.59. The van der Waals surface area contributed by atoms with Crippen molar-refractivity contribution in [1.29, 1.82) is 0 Å². The lowest BCUT2D eigenvalue weighted by Crippen LogP contribution is -2.66. The summed E-state index contributed by atoms with van der Waals surface area (Å²) >= 11 is 0. The van der Waals surface area contributed by atoms with E-state index in [1.165, 1.54) is 0 Å². The van der Waals surface area contributed by atoms with E-state index in [0.717, 1.165) is 55.4 Å². The van der Waals surface area contributed by atoms with Gasteiger partial charge in [0.2, 0.25) is 23.6 Å². The molecule has 402 valence electrons. The van der Waals surface area contributed by atoms with Gasteiger partial charge in [-0.25, -0.2) is 4.79 Å². The smallest absolute Gasteiger partial charge is 0.407 e. The molecule has 12 atom stereocenters. The molecule has 0 aromatic carbocycles. The number of rotatable bonds is 27. The number of amides is 5. The molecule has 2 saturated heterocycles. The van der Waals surface area contributed by atoms with E-state index < -0.39 is 172 Å². The average molecular weight is 1020 g/mol. The molecule has 29 nitrogen and oxygen atoms in total. The van der Waals surface area contributed by atoms with Crippen molar-refractivity contribution >= 4 is 65.5 Å². The highest BCUT2D eigenvalue weighted by Gasteiger charge is 2.52. The second kappa shape index (κ2) is 31.1. The van der Waals surface area contributed by atoms with Crippen LogP contribution in [-0.2, 0) is 100 Å². The second-order valence-electron chi connectivity index (χ2n) is 15.9. The molecule has 2 aliphatic rings. The molecular formula is C42H65N5O24. The van der Waals surface area contributed by atoms with Crippen molar-refractivity contribution < 1.29 is 115 Å². The predicted molar refractivity (Wildman–Crippen MR) is 231 cm³/mol. The van der Waals surface area contributed by atoms with Gasteiger partial charge in [0, 0.05) is 68.5 Å². The standard InChI is InChI=1S/C42H65N5O24/c1-20(49)45-33-37(68-26(7)55)35(66-24(5)53)30(18-63-22(3)51)70-40(33)61-13-9-11-43-32(58)15-29(47-42(60)65-17-28(57)16-48)39(59)44-12-10-14-62-41-34(46-21(2)50)38(69-27(8)56)36(67-25(6)54)31(71-41)19-64-23(4)52/h28-31,33-38,40-41,48,57H,9-19H2,1-8H3,(H,43,58)(H,44,59)(H,45,49)(H,46,50)(H,47,60)/t28-,29+,30-,31-,33-,34-,35+,36+,37-,38-,40-,41-/m1/s1. The first-order chi connectivity index (χ1) is 33.4. The monoisotopic (exact) mass is 1020 g/mol. The van der Waals surface area contributed by atoms with Crippen molar-refractivity contribution in [2.45, 2.75) is 148 Å². The molecule has 2 heterocycles. The van der Waals surface area contributed by atoms with Crippen molar-refractivity contribution in [3.8, 4) is 0 Å². The summed E-state index contributed by atoms with van der Waals surface area (Å²) in [7, 11) is 0. The molecule has 0 radical (unpaired) electrons. The number of esters is 6. The maximum Gasteiger partial charge on any atom is 0.407 e. The molecule has 2 fully saturated rings. The Hall–Kier alpha value is -6.27. The average Bonchev–Trinajstić information content (AvgIpc) is 3.26. The SMILES string of the molecule is CC(=O)N[C@H]1[C@H](OCCCNC(=O)C[C@H](NC(=O)OC[C@H](O)CO)C(=O)NCCCO[C@@H]2O[C@H](COC(C)=O)[C@H](OC(C)=O)[C@H](OC(C)=O)[C@H]2NC(C)=O)O[C@H](COC(C)=O)[C@H](OC(C)=O)[C@@H]1OC(C)=O. The number of carbonyl (C=O) groups excluding carboxylic acids is 11. The van der Waals surface area contributed by atoms with Gasteiger partial charge in [0.15, 0.2) is 37.0 Å². The number of hydrogen-bond donors (Lipinski definition) is 7. The van der Waals surface area contributed by atoms with E-state index in [0.29, 0.717) is 0 Å². The Morgan fingerprint density at radius 1 is 0.549 bits per heavy atom. The lowest BCUT2D eigenvalue weighted by Gasteiger charge is -2.44. The molecule has 0 bridgehead atoms. The van der Waals surface area contributed by atoms with E-state index in [-0.39, 0.29) is 39.1 Å². The molecule has 7 N–H and O–H groups in total. The topological polar surface area (TPSA) is 390 Å². The third kappa shape index (κ3) is 23.0. The predicted octanol–water partition coefficient (Wildman–Crippen LogP) is -3.82. The fraction of sp³-hybridized carbons (Fsp3) is 0.738. The van der Waals surface area contributed by atoms with Crippen LogP contribution in [-0.4, -0.2) is 202 Å². The summed E-state index contributed by atoms with van der Waals surface area (Å²) in [4.78, 5) is 135. The maximum absolute atomic E-state index is 13.4. The van der Waals surface area contributed by atoms with Crippen LogP contribution < -0.4 is 26.6 Å². The van der Waals surface area contributed by atoms with Crippen molar-refractivity contribution in [3.05, 3.63) is 0 Å². The zero-order valence-electron chi connectivity index (χ0n) is 40.6. The van der Waals surface area contributed by atoms with Crippen LogP contribution in [0.15, 0.2) is 0 Å². The minimum absolute atomic E-state index is 0.0225. The van der Waals surface area contributed by atoms with E-state index in [9.17, 15) is 57.8 Å². The van der Waals surface area contributed by atoms with Crippen LogP contribution in [0, 0.1) is 0 Å². The molecule has 0 saturated carbocycles. The highest BCUT2D eigenvalue weighted by molar-refractivity contribution is 5.90. The Balaban J connectivity index is 2.14. The van der Waals surface area contributed by atoms with Crippen LogP contribution in [0.4, 0.5) is 4.79 Å². The summed E-state index contributed by atoms with van der Waals surface area (Å²) in [6.45, 7) is 5.90. The van der Waals surface area contributed by atoms with Crippen LogP contribution in [0.2, 0.25) is 0 Å².